The van der Waals surface area contributed by atoms with Crippen LogP contribution in [0.5, 0.6) is 0 Å². The molecule has 6 heteroatoms. The van der Waals surface area contributed by atoms with Gasteiger partial charge in [-0.1, -0.05) is 42.5 Å². The lowest BCUT2D eigenvalue weighted by atomic mass is 9.74. The van der Waals surface area contributed by atoms with Crippen LogP contribution in [0.3, 0.4) is 0 Å². The molecule has 0 spiro atoms. The summed E-state index contributed by atoms with van der Waals surface area (Å²) in [5.74, 6) is 0. The van der Waals surface area contributed by atoms with Crippen molar-refractivity contribution in [3.8, 4) is 0 Å². The van der Waals surface area contributed by atoms with Crippen LogP contribution in [0.1, 0.15) is 0 Å². The van der Waals surface area contributed by atoms with Gasteiger partial charge in [-0.05, 0) is 45.1 Å². The molecular weight excluding hydrogens is 305 g/mol. The van der Waals surface area contributed by atoms with Gasteiger partial charge in [0.25, 0.3) is 5.69 Å². The monoisotopic (exact) mass is 317 g/mol. The third-order valence-corrected chi connectivity index (χ3v) is 4.34. The molecule has 0 aliphatic heterocycles. The minimum atomic E-state index is -1.93. The fraction of sp³-hybridized carbons (Fsp3) is 0. The molecule has 4 aromatic carbocycles. The topological polar surface area (TPSA) is 83.6 Å². The summed E-state index contributed by atoms with van der Waals surface area (Å²) in [6.07, 6.45) is 0. The molecule has 4 rings (SSSR count). The minimum Gasteiger partial charge on any atom is -0.423 e. The van der Waals surface area contributed by atoms with Crippen molar-refractivity contribution in [3.63, 3.8) is 0 Å². The third kappa shape index (κ3) is 2.05. The van der Waals surface area contributed by atoms with Crippen molar-refractivity contribution in [1.29, 1.82) is 0 Å². The number of hydrogen-bond donors (Lipinski definition) is 2. The van der Waals surface area contributed by atoms with Gasteiger partial charge in [0, 0.05) is 0 Å². The summed E-state index contributed by atoms with van der Waals surface area (Å²) in [6, 6.07) is 18.3. The van der Waals surface area contributed by atoms with E-state index in [2.05, 4.69) is 0 Å². The predicted octanol–water partition coefficient (Wildman–Crippen LogP) is 2.73. The summed E-state index contributed by atoms with van der Waals surface area (Å²) >= 11 is 0. The van der Waals surface area contributed by atoms with E-state index in [-0.39, 0.29) is 11.2 Å². The molecule has 0 aromatic heterocycles. The molecule has 0 radical (unpaired) electrons. The molecule has 5 nitrogen and oxygen atoms in total. The Kier molecular flexibility index (Phi) is 3.23. The molecule has 4 aromatic rings. The molecule has 0 heterocycles. The zero-order valence-corrected chi connectivity index (χ0v) is 12.5. The van der Waals surface area contributed by atoms with E-state index >= 15 is 0 Å². The van der Waals surface area contributed by atoms with E-state index in [4.69, 9.17) is 0 Å². The zero-order chi connectivity index (χ0) is 16.8. The number of hydrogen-bond acceptors (Lipinski definition) is 4. The largest absolute Gasteiger partial charge is 0.496 e. The molecule has 0 bridgehead atoms. The number of nitro groups is 1. The highest BCUT2D eigenvalue weighted by molar-refractivity contribution is 6.65. The molecule has 0 fully saturated rings. The summed E-state index contributed by atoms with van der Waals surface area (Å²) in [5, 5.41) is 35.5. The maximum Gasteiger partial charge on any atom is 0.496 e. The Morgan fingerprint density at radius 3 is 1.92 bits per heavy atom. The Labute approximate surface area is 137 Å². The maximum absolute atomic E-state index is 11.6. The highest BCUT2D eigenvalue weighted by Gasteiger charge is 2.30. The van der Waals surface area contributed by atoms with Gasteiger partial charge in [0.1, 0.15) is 0 Å². The number of nitro benzene ring substituents is 1. The zero-order valence-electron chi connectivity index (χ0n) is 12.5. The highest BCUT2D eigenvalue weighted by Crippen LogP contribution is 2.34. The van der Waals surface area contributed by atoms with Gasteiger partial charge >= 0.3 is 7.12 Å². The van der Waals surface area contributed by atoms with E-state index in [9.17, 15) is 20.2 Å². The van der Waals surface area contributed by atoms with Crippen LogP contribution >= 0.6 is 0 Å². The van der Waals surface area contributed by atoms with Crippen LogP contribution in [-0.2, 0) is 0 Å². The van der Waals surface area contributed by atoms with Crippen molar-refractivity contribution >= 4 is 50.6 Å². The van der Waals surface area contributed by atoms with Crippen molar-refractivity contribution in [2.45, 2.75) is 0 Å². The van der Waals surface area contributed by atoms with E-state index in [1.54, 1.807) is 18.2 Å². The lowest BCUT2D eigenvalue weighted by Crippen LogP contribution is -2.33. The molecule has 0 aliphatic carbocycles. The Bertz CT molecular complexity index is 1120. The Balaban J connectivity index is 2.34. The van der Waals surface area contributed by atoms with Gasteiger partial charge in [-0.15, -0.1) is 0 Å². The first-order chi connectivity index (χ1) is 11.6. The highest BCUT2D eigenvalue weighted by atomic mass is 16.6. The van der Waals surface area contributed by atoms with Gasteiger partial charge in [0.2, 0.25) is 0 Å². The Morgan fingerprint density at radius 2 is 1.33 bits per heavy atom. The van der Waals surface area contributed by atoms with Gasteiger partial charge in [-0.2, -0.15) is 0 Å². The average Bonchev–Trinajstić information content (AvgIpc) is 2.58. The molecule has 0 saturated heterocycles. The van der Waals surface area contributed by atoms with Crippen molar-refractivity contribution in [2.24, 2.45) is 0 Å². The van der Waals surface area contributed by atoms with Crippen LogP contribution in [0.15, 0.2) is 60.7 Å². The summed E-state index contributed by atoms with van der Waals surface area (Å²) < 4.78 is 0. The standard InChI is InChI=1S/C18H12BNO4/c21-19(22)17-16-10-12-6-2-1-5-11(12)9-15(16)13-7-3-4-8-14(13)18(17)20(23)24/h1-10,21-22H. The second-order valence-electron chi connectivity index (χ2n) is 5.68. The molecule has 2 N–H and O–H groups in total. The number of rotatable bonds is 2. The third-order valence-electron chi connectivity index (χ3n) is 4.34. The number of nitrogens with zero attached hydrogens (tertiary/aromatic N) is 1. The molecule has 24 heavy (non-hydrogen) atoms. The van der Waals surface area contributed by atoms with Gasteiger partial charge < -0.3 is 10.0 Å². The smallest absolute Gasteiger partial charge is 0.423 e. The maximum atomic E-state index is 11.6. The first kappa shape index (κ1) is 14.6. The second-order valence-corrected chi connectivity index (χ2v) is 5.68. The van der Waals surface area contributed by atoms with E-state index in [1.165, 1.54) is 0 Å². The quantitative estimate of drug-likeness (QED) is 0.196. The van der Waals surface area contributed by atoms with Crippen LogP contribution in [0.25, 0.3) is 32.3 Å². The SMILES string of the molecule is O=[N+]([O-])c1c(B(O)O)c2cc3ccccc3cc2c2ccccc12. The van der Waals surface area contributed by atoms with Gasteiger partial charge in [0.05, 0.1) is 15.8 Å². The summed E-state index contributed by atoms with van der Waals surface area (Å²) in [6.45, 7) is 0. The fourth-order valence-electron chi connectivity index (χ4n) is 3.34. The van der Waals surface area contributed by atoms with Gasteiger partial charge in [-0.3, -0.25) is 10.1 Å². The molecule has 0 atom stereocenters. The van der Waals surface area contributed by atoms with E-state index < -0.39 is 12.0 Å². The Hall–Kier alpha value is -2.96. The van der Waals surface area contributed by atoms with E-state index in [0.717, 1.165) is 16.2 Å². The van der Waals surface area contributed by atoms with Gasteiger partial charge in [-0.25, -0.2) is 0 Å². The van der Waals surface area contributed by atoms with Crippen LogP contribution in [-0.4, -0.2) is 22.1 Å². The van der Waals surface area contributed by atoms with Crippen molar-refractivity contribution in [1.82, 2.24) is 0 Å². The average molecular weight is 317 g/mol. The normalized spacial score (nSPS) is 11.2. The molecule has 0 saturated carbocycles. The predicted molar refractivity (Wildman–Crippen MR) is 95.4 cm³/mol. The molecule has 0 amide bonds. The van der Waals surface area contributed by atoms with Crippen LogP contribution in [0.2, 0.25) is 0 Å². The molecule has 0 unspecified atom stereocenters. The molecule has 116 valence electrons. The van der Waals surface area contributed by atoms with Crippen molar-refractivity contribution in [2.75, 3.05) is 0 Å². The minimum absolute atomic E-state index is 0.0700. The van der Waals surface area contributed by atoms with E-state index in [0.29, 0.717) is 16.2 Å². The lowest BCUT2D eigenvalue weighted by molar-refractivity contribution is -0.381. The lowest BCUT2D eigenvalue weighted by Gasteiger charge is -2.12. The summed E-state index contributed by atoms with van der Waals surface area (Å²) in [5.41, 5.74) is -0.331. The van der Waals surface area contributed by atoms with Crippen LogP contribution < -0.4 is 5.46 Å². The van der Waals surface area contributed by atoms with Crippen molar-refractivity contribution < 1.29 is 15.0 Å². The molecule has 0 aliphatic rings. The first-order valence-corrected chi connectivity index (χ1v) is 7.45. The second kappa shape index (κ2) is 5.30. The fourth-order valence-corrected chi connectivity index (χ4v) is 3.34. The first-order valence-electron chi connectivity index (χ1n) is 7.45. The Morgan fingerprint density at radius 1 is 0.792 bits per heavy atom. The summed E-state index contributed by atoms with van der Waals surface area (Å²) in [4.78, 5) is 11.1. The molecular formula is C18H12BNO4. The van der Waals surface area contributed by atoms with E-state index in [1.807, 2.05) is 42.5 Å². The van der Waals surface area contributed by atoms with Crippen LogP contribution in [0.4, 0.5) is 5.69 Å². The number of benzene rings is 4. The van der Waals surface area contributed by atoms with Gasteiger partial charge in [0.15, 0.2) is 0 Å². The van der Waals surface area contributed by atoms with Crippen LogP contribution in [0, 0.1) is 10.1 Å². The number of fused-ring (bicyclic) bond motifs is 4. The van der Waals surface area contributed by atoms with Crippen molar-refractivity contribution in [3.05, 3.63) is 70.8 Å². The summed E-state index contributed by atoms with van der Waals surface area (Å²) in [7, 11) is -1.93.